The zero-order valence-electron chi connectivity index (χ0n) is 14.8. The van der Waals surface area contributed by atoms with Gasteiger partial charge in [0.15, 0.2) is 0 Å². The first-order valence-corrected chi connectivity index (χ1v) is 10.7. The van der Waals surface area contributed by atoms with Crippen LogP contribution in [0.5, 0.6) is 0 Å². The van der Waals surface area contributed by atoms with Gasteiger partial charge in [-0.1, -0.05) is 30.3 Å². The van der Waals surface area contributed by atoms with Gasteiger partial charge in [0.05, 0.1) is 11.9 Å². The average Bonchev–Trinajstić information content (AvgIpc) is 3.15. The van der Waals surface area contributed by atoms with Gasteiger partial charge in [0.25, 0.3) is 0 Å². The number of hydrogen-bond donors (Lipinski definition) is 1. The van der Waals surface area contributed by atoms with Crippen LogP contribution in [-0.2, 0) is 19.6 Å². The van der Waals surface area contributed by atoms with Gasteiger partial charge < -0.3 is 9.84 Å². The SMILES string of the molecule is O=C(O)C(c1ccccc1)N1CCN(S(=O)(=O)CCC2CCCO2)CC1. The highest BCUT2D eigenvalue weighted by Gasteiger charge is 2.34. The molecule has 8 heteroatoms. The maximum absolute atomic E-state index is 12.6. The molecule has 0 amide bonds. The predicted molar refractivity (Wildman–Crippen MR) is 97.3 cm³/mol. The van der Waals surface area contributed by atoms with Crippen molar-refractivity contribution in [3.63, 3.8) is 0 Å². The Labute approximate surface area is 154 Å². The molecule has 2 atom stereocenters. The Morgan fingerprint density at radius 2 is 1.88 bits per heavy atom. The molecule has 1 N–H and O–H groups in total. The van der Waals surface area contributed by atoms with Crippen LogP contribution in [0, 0.1) is 0 Å². The van der Waals surface area contributed by atoms with Crippen molar-refractivity contribution in [2.24, 2.45) is 0 Å². The quantitative estimate of drug-likeness (QED) is 0.766. The van der Waals surface area contributed by atoms with Crippen LogP contribution in [0.1, 0.15) is 30.9 Å². The molecule has 2 aliphatic rings. The lowest BCUT2D eigenvalue weighted by atomic mass is 10.0. The minimum atomic E-state index is -3.33. The van der Waals surface area contributed by atoms with E-state index in [2.05, 4.69) is 0 Å². The van der Waals surface area contributed by atoms with E-state index in [1.54, 1.807) is 12.1 Å². The summed E-state index contributed by atoms with van der Waals surface area (Å²) < 4.78 is 32.1. The van der Waals surface area contributed by atoms with Gasteiger partial charge in [-0.15, -0.1) is 0 Å². The second kappa shape index (κ2) is 8.47. The first-order valence-electron chi connectivity index (χ1n) is 9.08. The van der Waals surface area contributed by atoms with Crippen LogP contribution in [0.15, 0.2) is 30.3 Å². The second-order valence-corrected chi connectivity index (χ2v) is 8.91. The van der Waals surface area contributed by atoms with Crippen LogP contribution in [0.3, 0.4) is 0 Å². The summed E-state index contributed by atoms with van der Waals surface area (Å²) >= 11 is 0. The highest BCUT2D eigenvalue weighted by Crippen LogP contribution is 2.24. The molecule has 2 heterocycles. The number of carboxylic acids is 1. The minimum Gasteiger partial charge on any atom is -0.480 e. The topological polar surface area (TPSA) is 87.2 Å². The van der Waals surface area contributed by atoms with Gasteiger partial charge in [-0.05, 0) is 24.8 Å². The number of hydrogen-bond acceptors (Lipinski definition) is 5. The average molecular weight is 382 g/mol. The number of piperazine rings is 1. The molecule has 7 nitrogen and oxygen atoms in total. The van der Waals surface area contributed by atoms with Crippen molar-refractivity contribution in [2.75, 3.05) is 38.5 Å². The fraction of sp³-hybridized carbons (Fsp3) is 0.611. The summed E-state index contributed by atoms with van der Waals surface area (Å²) in [5, 5.41) is 9.62. The first-order chi connectivity index (χ1) is 12.5. The molecule has 2 fully saturated rings. The van der Waals surface area contributed by atoms with Crippen LogP contribution in [0.25, 0.3) is 0 Å². The molecule has 1 aromatic rings. The molecule has 0 aromatic heterocycles. The third kappa shape index (κ3) is 4.62. The number of benzene rings is 1. The number of aliphatic carboxylic acids is 1. The van der Waals surface area contributed by atoms with E-state index in [-0.39, 0.29) is 11.9 Å². The number of carbonyl (C=O) groups is 1. The van der Waals surface area contributed by atoms with Crippen molar-refractivity contribution in [1.29, 1.82) is 0 Å². The first kappa shape index (κ1) is 19.3. The maximum Gasteiger partial charge on any atom is 0.325 e. The zero-order chi connectivity index (χ0) is 18.6. The van der Waals surface area contributed by atoms with Crippen LogP contribution in [0.2, 0.25) is 0 Å². The van der Waals surface area contributed by atoms with Crippen molar-refractivity contribution in [3.8, 4) is 0 Å². The van der Waals surface area contributed by atoms with E-state index in [1.165, 1.54) is 4.31 Å². The molecule has 2 unspecified atom stereocenters. The largest absolute Gasteiger partial charge is 0.480 e. The molecule has 0 saturated carbocycles. The number of nitrogens with zero attached hydrogens (tertiary/aromatic N) is 2. The van der Waals surface area contributed by atoms with E-state index < -0.39 is 22.0 Å². The lowest BCUT2D eigenvalue weighted by Crippen LogP contribution is -2.51. The fourth-order valence-corrected chi connectivity index (χ4v) is 5.20. The zero-order valence-corrected chi connectivity index (χ0v) is 15.6. The Hall–Kier alpha value is -1.48. The monoisotopic (exact) mass is 382 g/mol. The van der Waals surface area contributed by atoms with Crippen LogP contribution in [-0.4, -0.2) is 73.3 Å². The van der Waals surface area contributed by atoms with Gasteiger partial charge in [-0.3, -0.25) is 9.69 Å². The molecule has 1 aromatic carbocycles. The molecule has 144 valence electrons. The summed E-state index contributed by atoms with van der Waals surface area (Å²) in [5.74, 6) is -0.815. The second-order valence-electron chi connectivity index (χ2n) is 6.83. The molecule has 0 spiro atoms. The molecule has 0 bridgehead atoms. The van der Waals surface area contributed by atoms with Crippen molar-refractivity contribution in [3.05, 3.63) is 35.9 Å². The Bertz CT molecular complexity index is 696. The van der Waals surface area contributed by atoms with Crippen LogP contribution < -0.4 is 0 Å². The van der Waals surface area contributed by atoms with Gasteiger partial charge in [0.2, 0.25) is 10.0 Å². The van der Waals surface area contributed by atoms with E-state index in [0.717, 1.165) is 25.0 Å². The third-order valence-electron chi connectivity index (χ3n) is 5.10. The number of carboxylic acid groups (broad SMARTS) is 1. The van der Waals surface area contributed by atoms with Gasteiger partial charge in [0.1, 0.15) is 6.04 Å². The fourth-order valence-electron chi connectivity index (χ4n) is 3.67. The Morgan fingerprint density at radius 1 is 1.19 bits per heavy atom. The summed E-state index contributed by atoms with van der Waals surface area (Å²) in [4.78, 5) is 13.6. The summed E-state index contributed by atoms with van der Waals surface area (Å²) in [6.45, 7) is 2.18. The summed E-state index contributed by atoms with van der Waals surface area (Å²) in [6, 6.07) is 8.33. The third-order valence-corrected chi connectivity index (χ3v) is 7.01. The molecule has 0 aliphatic carbocycles. The summed E-state index contributed by atoms with van der Waals surface area (Å²) in [5.41, 5.74) is 0.717. The number of ether oxygens (including phenoxy) is 1. The molecular formula is C18H26N2O5S. The van der Waals surface area contributed by atoms with E-state index in [9.17, 15) is 18.3 Å². The number of sulfonamides is 1. The minimum absolute atomic E-state index is 0.0561. The highest BCUT2D eigenvalue weighted by atomic mass is 32.2. The van der Waals surface area contributed by atoms with Gasteiger partial charge >= 0.3 is 5.97 Å². The van der Waals surface area contributed by atoms with E-state index >= 15 is 0 Å². The maximum atomic E-state index is 12.6. The Kier molecular flexibility index (Phi) is 6.29. The molecule has 26 heavy (non-hydrogen) atoms. The molecule has 3 rings (SSSR count). The molecule has 2 saturated heterocycles. The summed E-state index contributed by atoms with van der Waals surface area (Å²) in [7, 11) is -3.33. The van der Waals surface area contributed by atoms with Crippen LogP contribution >= 0.6 is 0 Å². The Morgan fingerprint density at radius 3 is 2.46 bits per heavy atom. The standard InChI is InChI=1S/C18H26N2O5S/c21-18(22)17(15-5-2-1-3-6-15)19-9-11-20(12-10-19)26(23,24)14-8-16-7-4-13-25-16/h1-3,5-6,16-17H,4,7-14H2,(H,21,22). The smallest absolute Gasteiger partial charge is 0.325 e. The van der Waals surface area contributed by atoms with Crippen molar-refractivity contribution in [1.82, 2.24) is 9.21 Å². The Balaban J connectivity index is 1.58. The lowest BCUT2D eigenvalue weighted by molar-refractivity contribution is -0.144. The van der Waals surface area contributed by atoms with Crippen molar-refractivity contribution < 1.29 is 23.1 Å². The van der Waals surface area contributed by atoms with E-state index in [0.29, 0.717) is 32.6 Å². The van der Waals surface area contributed by atoms with Crippen LogP contribution in [0.4, 0.5) is 0 Å². The molecule has 0 radical (unpaired) electrons. The molecular weight excluding hydrogens is 356 g/mol. The summed E-state index contributed by atoms with van der Waals surface area (Å²) in [6.07, 6.45) is 2.52. The molecule has 2 aliphatic heterocycles. The van der Waals surface area contributed by atoms with Gasteiger partial charge in [0, 0.05) is 32.8 Å². The van der Waals surface area contributed by atoms with E-state index in [4.69, 9.17) is 4.74 Å². The number of rotatable bonds is 7. The van der Waals surface area contributed by atoms with Gasteiger partial charge in [-0.2, -0.15) is 4.31 Å². The highest BCUT2D eigenvalue weighted by molar-refractivity contribution is 7.89. The lowest BCUT2D eigenvalue weighted by Gasteiger charge is -2.37. The van der Waals surface area contributed by atoms with E-state index in [1.807, 2.05) is 23.1 Å². The van der Waals surface area contributed by atoms with Crippen molar-refractivity contribution >= 4 is 16.0 Å². The normalized spacial score (nSPS) is 23.8. The van der Waals surface area contributed by atoms with Crippen molar-refractivity contribution in [2.45, 2.75) is 31.4 Å². The predicted octanol–water partition coefficient (Wildman–Crippen LogP) is 1.33. The van der Waals surface area contributed by atoms with Gasteiger partial charge in [-0.25, -0.2) is 8.42 Å².